The van der Waals surface area contributed by atoms with Gasteiger partial charge in [-0.1, -0.05) is 44.0 Å². The maximum atomic E-state index is 14.4. The van der Waals surface area contributed by atoms with E-state index in [-0.39, 0.29) is 27.6 Å². The van der Waals surface area contributed by atoms with Crippen molar-refractivity contribution in [1.82, 2.24) is 19.7 Å². The molecule has 2 heterocycles. The van der Waals surface area contributed by atoms with E-state index in [2.05, 4.69) is 10.1 Å². The smallest absolute Gasteiger partial charge is 0.433 e. The molecule has 1 spiro atoms. The number of hydrogen-bond acceptors (Lipinski definition) is 5. The van der Waals surface area contributed by atoms with Crippen LogP contribution in [0.3, 0.4) is 0 Å². The number of aromatic nitrogens is 3. The van der Waals surface area contributed by atoms with Gasteiger partial charge in [0.1, 0.15) is 0 Å². The van der Waals surface area contributed by atoms with Crippen molar-refractivity contribution < 1.29 is 32.7 Å². The lowest BCUT2D eigenvalue weighted by atomic mass is 9.81. The molecule has 8 nitrogen and oxygen atoms in total. The average Bonchev–Trinajstić information content (AvgIpc) is 3.31. The fourth-order valence-corrected chi connectivity index (χ4v) is 6.20. The van der Waals surface area contributed by atoms with Crippen molar-refractivity contribution in [3.8, 4) is 0 Å². The number of carboxylic acid groups (broad SMARTS) is 1. The van der Waals surface area contributed by atoms with Crippen molar-refractivity contribution in [3.05, 3.63) is 45.5 Å². The third kappa shape index (κ3) is 6.09. The SMILES string of the molecule is CC(C)(C)CN(CC(=O)c1c(Cl)cncc1Cl)C(=O)c1cnn(C2CCC3(CC2)C[C@@H]3C(=O)O)c1C(F)(F)F. The highest BCUT2D eigenvalue weighted by Crippen LogP contribution is 2.62. The number of ketones is 1. The van der Waals surface area contributed by atoms with E-state index in [1.165, 1.54) is 12.4 Å². The van der Waals surface area contributed by atoms with E-state index in [0.717, 1.165) is 15.8 Å². The van der Waals surface area contributed by atoms with Crippen LogP contribution in [-0.4, -0.2) is 55.5 Å². The minimum Gasteiger partial charge on any atom is -0.481 e. The van der Waals surface area contributed by atoms with Gasteiger partial charge in [-0.2, -0.15) is 18.3 Å². The number of amides is 1. The van der Waals surface area contributed by atoms with Crippen molar-refractivity contribution in [2.75, 3.05) is 13.1 Å². The molecular formula is C26H29Cl2F3N4O4. The van der Waals surface area contributed by atoms with E-state index in [4.69, 9.17) is 23.2 Å². The Labute approximate surface area is 233 Å². The summed E-state index contributed by atoms with van der Waals surface area (Å²) in [5.41, 5.74) is -2.81. The van der Waals surface area contributed by atoms with Gasteiger partial charge in [0.2, 0.25) is 0 Å². The first-order valence-corrected chi connectivity index (χ1v) is 13.3. The molecular weight excluding hydrogens is 560 g/mol. The Morgan fingerprint density at radius 2 is 1.69 bits per heavy atom. The fraction of sp³-hybridized carbons (Fsp3) is 0.577. The third-order valence-corrected chi connectivity index (χ3v) is 8.07. The van der Waals surface area contributed by atoms with Gasteiger partial charge >= 0.3 is 12.1 Å². The molecule has 2 aromatic rings. The van der Waals surface area contributed by atoms with E-state index < -0.39 is 59.0 Å². The Balaban J connectivity index is 1.63. The summed E-state index contributed by atoms with van der Waals surface area (Å²) in [4.78, 5) is 43.0. The second-order valence-corrected chi connectivity index (χ2v) is 12.5. The predicted octanol–water partition coefficient (Wildman–Crippen LogP) is 6.18. The largest absolute Gasteiger partial charge is 0.481 e. The van der Waals surface area contributed by atoms with Gasteiger partial charge in [-0.25, -0.2) is 0 Å². The van der Waals surface area contributed by atoms with E-state index in [9.17, 15) is 32.7 Å². The number of aliphatic carboxylic acids is 1. The Kier molecular flexibility index (Phi) is 7.81. The van der Waals surface area contributed by atoms with Crippen LogP contribution in [0.2, 0.25) is 10.0 Å². The standard InChI is InChI=1S/C26H29Cl2F3N4O4/c1-24(2,3)13-34(12-19(36)20-17(27)10-32-11-18(20)28)22(37)15-9-33-35(21(15)26(29,30)31)14-4-6-25(7-5-14)8-16(25)23(38)39/h9-11,14,16H,4-8,12-13H2,1-3H3,(H,38,39)/t14?,16-,25?/m1/s1. The normalized spacial score (nSPS) is 23.1. The van der Waals surface area contributed by atoms with Gasteiger partial charge in [-0.3, -0.25) is 24.0 Å². The number of Topliss-reactive ketones (excluding diaryl/α,β-unsaturated/α-hetero) is 1. The number of pyridine rings is 1. The van der Waals surface area contributed by atoms with Gasteiger partial charge in [-0.15, -0.1) is 0 Å². The summed E-state index contributed by atoms with van der Waals surface area (Å²) in [6, 6.07) is -0.629. The van der Waals surface area contributed by atoms with Crippen LogP contribution in [0.4, 0.5) is 13.2 Å². The third-order valence-electron chi connectivity index (χ3n) is 7.50. The molecule has 0 aliphatic heterocycles. The minimum absolute atomic E-state index is 0.0249. The molecule has 2 fully saturated rings. The zero-order valence-electron chi connectivity index (χ0n) is 21.7. The zero-order valence-corrected chi connectivity index (χ0v) is 23.2. The highest BCUT2D eigenvalue weighted by atomic mass is 35.5. The summed E-state index contributed by atoms with van der Waals surface area (Å²) in [7, 11) is 0. The summed E-state index contributed by atoms with van der Waals surface area (Å²) >= 11 is 12.2. The summed E-state index contributed by atoms with van der Waals surface area (Å²) in [5, 5.41) is 13.2. The first-order valence-electron chi connectivity index (χ1n) is 12.5. The summed E-state index contributed by atoms with van der Waals surface area (Å²) in [6.45, 7) is 4.79. The Morgan fingerprint density at radius 1 is 1.10 bits per heavy atom. The monoisotopic (exact) mass is 588 g/mol. The Bertz CT molecular complexity index is 1280. The molecule has 4 rings (SSSR count). The number of carbonyl (C=O) groups excluding carboxylic acids is 2. The van der Waals surface area contributed by atoms with Crippen LogP contribution < -0.4 is 0 Å². The first-order chi connectivity index (χ1) is 18.0. The molecule has 1 atom stereocenters. The molecule has 1 amide bonds. The van der Waals surface area contributed by atoms with Crippen LogP contribution in [0.5, 0.6) is 0 Å². The van der Waals surface area contributed by atoms with Crippen LogP contribution in [0.25, 0.3) is 0 Å². The lowest BCUT2D eigenvalue weighted by Crippen LogP contribution is -2.42. The molecule has 13 heteroatoms. The molecule has 212 valence electrons. The molecule has 0 saturated heterocycles. The second-order valence-electron chi connectivity index (χ2n) is 11.7. The molecule has 0 unspecified atom stereocenters. The number of nitrogens with zero attached hydrogens (tertiary/aromatic N) is 4. The number of carbonyl (C=O) groups is 3. The van der Waals surface area contributed by atoms with Crippen LogP contribution >= 0.6 is 23.2 Å². The molecule has 2 aromatic heterocycles. The fourth-order valence-electron chi connectivity index (χ4n) is 5.62. The number of rotatable bonds is 7. The quantitative estimate of drug-likeness (QED) is 0.387. The van der Waals surface area contributed by atoms with Gasteiger partial charge in [0.05, 0.1) is 45.9 Å². The lowest BCUT2D eigenvalue weighted by Gasteiger charge is -2.31. The predicted molar refractivity (Wildman–Crippen MR) is 137 cm³/mol. The Hall–Kier alpha value is -2.66. The van der Waals surface area contributed by atoms with E-state index >= 15 is 0 Å². The van der Waals surface area contributed by atoms with Crippen LogP contribution in [-0.2, 0) is 11.0 Å². The van der Waals surface area contributed by atoms with Gasteiger partial charge in [-0.05, 0) is 42.9 Å². The van der Waals surface area contributed by atoms with Crippen molar-refractivity contribution in [1.29, 1.82) is 0 Å². The van der Waals surface area contributed by atoms with Crippen molar-refractivity contribution in [2.24, 2.45) is 16.7 Å². The van der Waals surface area contributed by atoms with Gasteiger partial charge in [0, 0.05) is 18.9 Å². The number of carboxylic acids is 1. The van der Waals surface area contributed by atoms with Crippen molar-refractivity contribution in [3.63, 3.8) is 0 Å². The summed E-state index contributed by atoms with van der Waals surface area (Å²) < 4.78 is 44.1. The van der Waals surface area contributed by atoms with Crippen molar-refractivity contribution >= 4 is 40.9 Å². The van der Waals surface area contributed by atoms with Crippen LogP contribution in [0.1, 0.15) is 85.3 Å². The first kappa shape index (κ1) is 29.3. The molecule has 0 aromatic carbocycles. The minimum atomic E-state index is -4.89. The van der Waals surface area contributed by atoms with Gasteiger partial charge < -0.3 is 10.0 Å². The highest BCUT2D eigenvalue weighted by molar-refractivity contribution is 6.39. The highest BCUT2D eigenvalue weighted by Gasteiger charge is 2.59. The maximum absolute atomic E-state index is 14.4. The van der Waals surface area contributed by atoms with E-state index in [1.54, 1.807) is 20.8 Å². The lowest BCUT2D eigenvalue weighted by molar-refractivity contribution is -0.145. The number of alkyl halides is 3. The molecule has 1 N–H and O–H groups in total. The Morgan fingerprint density at radius 3 is 2.18 bits per heavy atom. The number of hydrogen-bond donors (Lipinski definition) is 1. The molecule has 0 radical (unpaired) electrons. The van der Waals surface area contributed by atoms with Gasteiger partial charge in [0.15, 0.2) is 11.5 Å². The maximum Gasteiger partial charge on any atom is 0.433 e. The van der Waals surface area contributed by atoms with Gasteiger partial charge in [0.25, 0.3) is 5.91 Å². The van der Waals surface area contributed by atoms with E-state index in [0.29, 0.717) is 32.1 Å². The molecule has 2 saturated carbocycles. The molecule has 2 aliphatic carbocycles. The van der Waals surface area contributed by atoms with Crippen molar-refractivity contribution in [2.45, 2.75) is 65.1 Å². The topological polar surface area (TPSA) is 105 Å². The van der Waals surface area contributed by atoms with Crippen LogP contribution in [0.15, 0.2) is 18.6 Å². The molecule has 0 bridgehead atoms. The average molecular weight is 589 g/mol. The molecule has 2 aliphatic rings. The second kappa shape index (κ2) is 10.4. The summed E-state index contributed by atoms with van der Waals surface area (Å²) in [6.07, 6.45) is 0.588. The summed E-state index contributed by atoms with van der Waals surface area (Å²) in [5.74, 6) is -2.96. The number of halogens is 5. The van der Waals surface area contributed by atoms with E-state index in [1.807, 2.05) is 0 Å². The van der Waals surface area contributed by atoms with Crippen LogP contribution in [0, 0.1) is 16.7 Å². The zero-order chi connectivity index (χ0) is 28.9. The molecule has 39 heavy (non-hydrogen) atoms.